The fraction of sp³-hybridized carbons (Fsp3) is 0.182. The molecule has 4 aromatic rings. The Kier molecular flexibility index (Phi) is 11.1. The normalized spacial score (nSPS) is 28.0. The zero-order valence-corrected chi connectivity index (χ0v) is 33.2. The Morgan fingerprint density at radius 3 is 2.02 bits per heavy atom. The lowest BCUT2D eigenvalue weighted by molar-refractivity contribution is 0.491. The van der Waals surface area contributed by atoms with E-state index >= 15 is 0 Å². The van der Waals surface area contributed by atoms with E-state index in [9.17, 15) is 0 Å². The van der Waals surface area contributed by atoms with E-state index in [-0.39, 0.29) is 6.04 Å². The second kappa shape index (κ2) is 17.4. The first-order valence-corrected chi connectivity index (χ1v) is 20.9. The van der Waals surface area contributed by atoms with E-state index in [4.69, 9.17) is 0 Å². The van der Waals surface area contributed by atoms with Gasteiger partial charge in [0.2, 0.25) is 0 Å². The summed E-state index contributed by atoms with van der Waals surface area (Å²) in [5, 5.41) is 0. The van der Waals surface area contributed by atoms with Gasteiger partial charge in [0.05, 0.1) is 12.6 Å². The van der Waals surface area contributed by atoms with E-state index in [1.807, 2.05) is 6.21 Å². The molecule has 3 nitrogen and oxygen atoms in total. The lowest BCUT2D eigenvalue weighted by Gasteiger charge is -2.31. The maximum absolute atomic E-state index is 4.67. The van der Waals surface area contributed by atoms with Crippen molar-refractivity contribution in [3.8, 4) is 0 Å². The molecule has 5 aliphatic rings. The molecule has 0 N–H and O–H groups in total. The van der Waals surface area contributed by atoms with Crippen molar-refractivity contribution in [3.63, 3.8) is 0 Å². The van der Waals surface area contributed by atoms with E-state index in [0.717, 1.165) is 35.5 Å². The maximum Gasteiger partial charge on any atom is 0.0623 e. The van der Waals surface area contributed by atoms with Crippen LogP contribution in [0.5, 0.6) is 0 Å². The Bertz CT molecular complexity index is 2390. The van der Waals surface area contributed by atoms with E-state index in [2.05, 4.69) is 234 Å². The van der Waals surface area contributed by atoms with Crippen molar-refractivity contribution in [2.45, 2.75) is 31.7 Å². The van der Waals surface area contributed by atoms with E-state index in [1.165, 1.54) is 28.1 Å². The molecule has 5 unspecified atom stereocenters. The van der Waals surface area contributed by atoms with Crippen LogP contribution in [0.15, 0.2) is 217 Å². The van der Waals surface area contributed by atoms with Gasteiger partial charge in [-0.15, -0.1) is 0 Å². The third-order valence-corrected chi connectivity index (χ3v) is 12.1. The summed E-state index contributed by atoms with van der Waals surface area (Å²) in [6.45, 7) is 3.10. The lowest BCUT2D eigenvalue weighted by Crippen LogP contribution is -2.32. The summed E-state index contributed by atoms with van der Waals surface area (Å²) in [4.78, 5) is 9.55. The smallest absolute Gasteiger partial charge is 0.0623 e. The molecule has 0 spiro atoms. The molecule has 0 radical (unpaired) electrons. The molecular formula is C55H51N3. The Balaban J connectivity index is 1.05. The summed E-state index contributed by atoms with van der Waals surface area (Å²) in [6.07, 6.45) is 43.8. The second-order valence-corrected chi connectivity index (χ2v) is 15.8. The number of nitrogens with zero attached hydrogens (tertiary/aromatic N) is 3. The fourth-order valence-corrected chi connectivity index (χ4v) is 9.17. The third kappa shape index (κ3) is 8.04. The topological polar surface area (TPSA) is 18.8 Å². The lowest BCUT2D eigenvalue weighted by atomic mass is 9.97. The summed E-state index contributed by atoms with van der Waals surface area (Å²) >= 11 is 0. The van der Waals surface area contributed by atoms with E-state index in [1.54, 1.807) is 0 Å². The average Bonchev–Trinajstić information content (AvgIpc) is 3.86. The van der Waals surface area contributed by atoms with Gasteiger partial charge in [0.1, 0.15) is 0 Å². The predicted molar refractivity (Wildman–Crippen MR) is 248 cm³/mol. The minimum absolute atomic E-state index is 0.269. The van der Waals surface area contributed by atoms with Crippen LogP contribution < -0.4 is 9.80 Å². The molecule has 1 saturated carbocycles. The van der Waals surface area contributed by atoms with E-state index < -0.39 is 0 Å². The van der Waals surface area contributed by atoms with Crippen molar-refractivity contribution in [2.24, 2.45) is 28.7 Å². The number of anilines is 4. The molecule has 3 heteroatoms. The molecular weight excluding hydrogens is 703 g/mol. The van der Waals surface area contributed by atoms with Gasteiger partial charge in [-0.2, -0.15) is 0 Å². The molecule has 2 aliphatic heterocycles. The van der Waals surface area contributed by atoms with Crippen molar-refractivity contribution in [2.75, 3.05) is 16.3 Å². The van der Waals surface area contributed by atoms with Crippen LogP contribution in [-0.2, 0) is 0 Å². The zero-order chi connectivity index (χ0) is 39.1. The standard InChI is InChI=1S/C55H51N3/c1-41-19-11-6-3-2-4-8-15-24-51-54(41)55(51)44-30-36-50(37-31-44)57(48-32-26-42(27-33-48)46-21-12-7-5-9-18-38-56-40-46)49-34-28-43(29-35-49)53-39-45-20-16-17-25-52(45)58(53)47-22-13-10-14-23-47/h2-11,13-18,20-37,39-41,45,51-52,54-55H,12,19,38H2,1H3/b3-2-,7-5-,8-4-,11-6-,18-9-,24-15+,46-21?,56-40?/t41?,45?,51?,52?,54-,55?/m1/s1. The fourth-order valence-electron chi connectivity index (χ4n) is 9.17. The molecule has 1 fully saturated rings. The van der Waals surface area contributed by atoms with Crippen molar-refractivity contribution >= 4 is 40.2 Å². The number of allylic oxidation sites excluding steroid dienone is 15. The maximum atomic E-state index is 4.67. The van der Waals surface area contributed by atoms with Crippen LogP contribution in [0.1, 0.15) is 42.4 Å². The molecule has 0 amide bonds. The number of fused-ring (bicyclic) bond motifs is 2. The predicted octanol–water partition coefficient (Wildman–Crippen LogP) is 13.7. The first-order chi connectivity index (χ1) is 28.7. The highest BCUT2D eigenvalue weighted by Gasteiger charge is 2.51. The molecule has 0 aromatic heterocycles. The molecule has 58 heavy (non-hydrogen) atoms. The third-order valence-electron chi connectivity index (χ3n) is 12.1. The quantitative estimate of drug-likeness (QED) is 0.187. The summed E-state index contributed by atoms with van der Waals surface area (Å²) < 4.78 is 0. The van der Waals surface area contributed by atoms with Gasteiger partial charge in [-0.25, -0.2) is 0 Å². The van der Waals surface area contributed by atoms with Gasteiger partial charge in [-0.3, -0.25) is 4.99 Å². The minimum atomic E-state index is 0.269. The van der Waals surface area contributed by atoms with Gasteiger partial charge in [-0.05, 0) is 107 Å². The Labute approximate surface area is 344 Å². The van der Waals surface area contributed by atoms with Gasteiger partial charge < -0.3 is 9.80 Å². The molecule has 2 heterocycles. The van der Waals surface area contributed by atoms with E-state index in [0.29, 0.717) is 36.1 Å². The van der Waals surface area contributed by atoms with Crippen LogP contribution >= 0.6 is 0 Å². The van der Waals surface area contributed by atoms with Crippen LogP contribution in [0.4, 0.5) is 22.7 Å². The van der Waals surface area contributed by atoms with Crippen molar-refractivity contribution in [1.29, 1.82) is 0 Å². The highest BCUT2D eigenvalue weighted by Crippen LogP contribution is 2.59. The average molecular weight is 754 g/mol. The first kappa shape index (κ1) is 37.1. The Hall–Kier alpha value is -6.45. The van der Waals surface area contributed by atoms with Crippen LogP contribution in [0, 0.1) is 23.7 Å². The number of benzene rings is 4. The number of rotatable bonds is 7. The minimum Gasteiger partial charge on any atom is -0.333 e. The van der Waals surface area contributed by atoms with Crippen molar-refractivity contribution in [3.05, 3.63) is 229 Å². The molecule has 0 saturated heterocycles. The van der Waals surface area contributed by atoms with Crippen LogP contribution in [0.2, 0.25) is 0 Å². The molecule has 4 aromatic carbocycles. The molecule has 0 bridgehead atoms. The first-order valence-electron chi connectivity index (χ1n) is 20.9. The monoisotopic (exact) mass is 753 g/mol. The van der Waals surface area contributed by atoms with Gasteiger partial charge in [0, 0.05) is 40.6 Å². The van der Waals surface area contributed by atoms with Crippen molar-refractivity contribution < 1.29 is 0 Å². The molecule has 3 aliphatic carbocycles. The molecule has 286 valence electrons. The summed E-state index contributed by atoms with van der Waals surface area (Å²) in [6, 6.07) is 38.6. The SMILES string of the molecule is CC1C\C=C/C=C\C=C/C=C/C2C(c3ccc(N(c4ccc(C5=CC/C=C\C=C/CN=C5)cc4)c4ccc(C5=CC6C=CC=CC6N5c5ccccc5)cc4)cc3)[C@H]12. The summed E-state index contributed by atoms with van der Waals surface area (Å²) in [5.74, 6) is 2.68. The number of aliphatic imine (C=N–C) groups is 1. The number of para-hydroxylation sites is 1. The Morgan fingerprint density at radius 2 is 1.24 bits per heavy atom. The molecule has 9 rings (SSSR count). The van der Waals surface area contributed by atoms with Crippen LogP contribution in [-0.4, -0.2) is 18.8 Å². The van der Waals surface area contributed by atoms with Gasteiger partial charge >= 0.3 is 0 Å². The zero-order valence-electron chi connectivity index (χ0n) is 33.2. The molecule has 6 atom stereocenters. The summed E-state index contributed by atoms with van der Waals surface area (Å²) in [7, 11) is 0. The Morgan fingerprint density at radius 1 is 0.603 bits per heavy atom. The second-order valence-electron chi connectivity index (χ2n) is 15.8. The number of hydrogen-bond donors (Lipinski definition) is 0. The van der Waals surface area contributed by atoms with Gasteiger partial charge in [0.15, 0.2) is 0 Å². The van der Waals surface area contributed by atoms with Crippen molar-refractivity contribution in [1.82, 2.24) is 0 Å². The summed E-state index contributed by atoms with van der Waals surface area (Å²) in [5.41, 5.74) is 10.8. The van der Waals surface area contributed by atoms with Gasteiger partial charge in [0.25, 0.3) is 0 Å². The highest BCUT2D eigenvalue weighted by molar-refractivity contribution is 6.10. The van der Waals surface area contributed by atoms with Crippen LogP contribution in [0.3, 0.4) is 0 Å². The number of hydrogen-bond acceptors (Lipinski definition) is 3. The van der Waals surface area contributed by atoms with Crippen LogP contribution in [0.25, 0.3) is 11.3 Å². The highest BCUT2D eigenvalue weighted by atomic mass is 15.2. The largest absolute Gasteiger partial charge is 0.333 e. The van der Waals surface area contributed by atoms with Gasteiger partial charge in [-0.1, -0.05) is 171 Å².